The minimum Gasteiger partial charge on any atom is -0.483 e. The number of anilines is 1. The molecule has 1 saturated carbocycles. The number of hydrogen-bond acceptors (Lipinski definition) is 6. The summed E-state index contributed by atoms with van der Waals surface area (Å²) in [5.74, 6) is -0.658. The van der Waals surface area contributed by atoms with Crippen LogP contribution < -0.4 is 20.7 Å². The van der Waals surface area contributed by atoms with Gasteiger partial charge in [-0.05, 0) is 49.2 Å². The van der Waals surface area contributed by atoms with Crippen LogP contribution in [0.1, 0.15) is 46.7 Å². The van der Waals surface area contributed by atoms with Crippen LogP contribution in [0.4, 0.5) is 14.9 Å². The summed E-state index contributed by atoms with van der Waals surface area (Å²) in [4.78, 5) is 29.6. The Morgan fingerprint density at radius 1 is 1.09 bits per heavy atom. The maximum atomic E-state index is 13.7. The molecule has 0 unspecified atom stereocenters. The van der Waals surface area contributed by atoms with Gasteiger partial charge in [-0.3, -0.25) is 4.79 Å². The van der Waals surface area contributed by atoms with Gasteiger partial charge in [0, 0.05) is 17.1 Å². The first-order chi connectivity index (χ1) is 17.0. The van der Waals surface area contributed by atoms with Crippen LogP contribution >= 0.6 is 11.3 Å². The van der Waals surface area contributed by atoms with Gasteiger partial charge in [-0.1, -0.05) is 25.0 Å². The van der Waals surface area contributed by atoms with Crippen LogP contribution in [0, 0.1) is 17.1 Å². The number of nitrogens with one attached hydrogen (secondary N) is 3. The summed E-state index contributed by atoms with van der Waals surface area (Å²) in [5.41, 5.74) is 1.34. The number of carbonyl (C=O) groups excluding carboxylic acids is 2. The van der Waals surface area contributed by atoms with Crippen molar-refractivity contribution in [2.45, 2.75) is 44.4 Å². The Bertz CT molecular complexity index is 1220. The zero-order chi connectivity index (χ0) is 24.6. The monoisotopic (exact) mass is 493 g/mol. The number of para-hydroxylation sites is 1. The lowest BCUT2D eigenvalue weighted by Crippen LogP contribution is -2.54. The van der Waals surface area contributed by atoms with Crippen molar-refractivity contribution in [2.75, 3.05) is 5.32 Å². The maximum Gasteiger partial charge on any atom is 0.319 e. The molecule has 4 rings (SSSR count). The summed E-state index contributed by atoms with van der Waals surface area (Å²) in [5, 5.41) is 19.8. The zero-order valence-corrected chi connectivity index (χ0v) is 19.6. The first kappa shape index (κ1) is 24.2. The summed E-state index contributed by atoms with van der Waals surface area (Å²) >= 11 is 1.26. The lowest BCUT2D eigenvalue weighted by Gasteiger charge is -2.32. The number of nitrogens with zero attached hydrogens (tertiary/aromatic N) is 2. The van der Waals surface area contributed by atoms with Crippen molar-refractivity contribution >= 4 is 29.0 Å². The molecular weight excluding hydrogens is 469 g/mol. The van der Waals surface area contributed by atoms with Gasteiger partial charge in [-0.25, -0.2) is 14.2 Å². The Labute approximate surface area is 206 Å². The van der Waals surface area contributed by atoms with E-state index in [-0.39, 0.29) is 42.1 Å². The maximum absolute atomic E-state index is 13.7. The van der Waals surface area contributed by atoms with Crippen LogP contribution in [-0.4, -0.2) is 29.0 Å². The topological polar surface area (TPSA) is 116 Å². The van der Waals surface area contributed by atoms with E-state index in [1.165, 1.54) is 23.5 Å². The fourth-order valence-corrected chi connectivity index (χ4v) is 4.55. The van der Waals surface area contributed by atoms with Gasteiger partial charge in [0.05, 0.1) is 17.7 Å². The molecule has 35 heavy (non-hydrogen) atoms. The van der Waals surface area contributed by atoms with Crippen LogP contribution in [0.2, 0.25) is 0 Å². The summed E-state index contributed by atoms with van der Waals surface area (Å²) < 4.78 is 19.2. The number of amides is 3. The predicted octanol–water partition coefficient (Wildman–Crippen LogP) is 4.60. The van der Waals surface area contributed by atoms with E-state index in [0.29, 0.717) is 16.3 Å². The Kier molecular flexibility index (Phi) is 7.90. The number of halogens is 1. The van der Waals surface area contributed by atoms with E-state index < -0.39 is 5.82 Å². The second-order valence-electron chi connectivity index (χ2n) is 8.10. The van der Waals surface area contributed by atoms with E-state index in [9.17, 15) is 14.0 Å². The Hall–Kier alpha value is -3.97. The second-order valence-corrected chi connectivity index (χ2v) is 9.05. The number of ether oxygens (including phenoxy) is 1. The molecule has 3 amide bonds. The van der Waals surface area contributed by atoms with Gasteiger partial charge in [-0.2, -0.15) is 5.26 Å². The molecular formula is C25H24FN5O3S. The highest BCUT2D eigenvalue weighted by Crippen LogP contribution is 2.21. The smallest absolute Gasteiger partial charge is 0.319 e. The van der Waals surface area contributed by atoms with Gasteiger partial charge in [-0.15, -0.1) is 11.3 Å². The fourth-order valence-electron chi connectivity index (χ4n) is 3.87. The van der Waals surface area contributed by atoms with E-state index in [2.05, 4.69) is 20.9 Å². The van der Waals surface area contributed by atoms with Crippen LogP contribution in [0.5, 0.6) is 5.75 Å². The molecule has 0 spiro atoms. The van der Waals surface area contributed by atoms with E-state index in [1.807, 2.05) is 6.07 Å². The van der Waals surface area contributed by atoms with Crippen LogP contribution in [0.25, 0.3) is 0 Å². The summed E-state index contributed by atoms with van der Waals surface area (Å²) in [6.45, 7) is 0.0575. The lowest BCUT2D eigenvalue weighted by atomic mass is 9.90. The molecule has 180 valence electrons. The molecule has 2 aromatic carbocycles. The minimum atomic E-state index is -0.457. The fraction of sp³-hybridized carbons (Fsp3) is 0.280. The Balaban J connectivity index is 1.31. The number of urea groups is 1. The SMILES string of the molecule is N#Cc1ccc(NC(=O)N[C@@H]2CCCC[C@H]2NC(=O)c2csc(COc3ccccc3F)n2)cc1. The van der Waals surface area contributed by atoms with E-state index in [0.717, 1.165) is 25.7 Å². The van der Waals surface area contributed by atoms with E-state index in [4.69, 9.17) is 10.00 Å². The van der Waals surface area contributed by atoms with Gasteiger partial charge in [0.1, 0.15) is 17.3 Å². The normalized spacial score (nSPS) is 17.1. The average molecular weight is 494 g/mol. The number of benzene rings is 2. The van der Waals surface area contributed by atoms with Gasteiger partial charge in [0.15, 0.2) is 11.6 Å². The van der Waals surface area contributed by atoms with Crippen molar-refractivity contribution < 1.29 is 18.7 Å². The zero-order valence-electron chi connectivity index (χ0n) is 18.8. The summed E-state index contributed by atoms with van der Waals surface area (Å²) in [7, 11) is 0. The van der Waals surface area contributed by atoms with Crippen molar-refractivity contribution in [3.8, 4) is 11.8 Å². The molecule has 1 fully saturated rings. The van der Waals surface area contributed by atoms with E-state index >= 15 is 0 Å². The van der Waals surface area contributed by atoms with Gasteiger partial charge in [0.2, 0.25) is 0 Å². The Morgan fingerprint density at radius 2 is 1.80 bits per heavy atom. The highest BCUT2D eigenvalue weighted by molar-refractivity contribution is 7.09. The third-order valence-electron chi connectivity index (χ3n) is 5.64. The molecule has 10 heteroatoms. The molecule has 0 radical (unpaired) electrons. The van der Waals surface area contributed by atoms with Gasteiger partial charge >= 0.3 is 6.03 Å². The van der Waals surface area contributed by atoms with Crippen molar-refractivity contribution in [1.82, 2.24) is 15.6 Å². The van der Waals surface area contributed by atoms with Crippen molar-refractivity contribution in [2.24, 2.45) is 0 Å². The first-order valence-corrected chi connectivity index (χ1v) is 12.1. The Morgan fingerprint density at radius 3 is 2.51 bits per heavy atom. The third-order valence-corrected chi connectivity index (χ3v) is 6.47. The first-order valence-electron chi connectivity index (χ1n) is 11.2. The van der Waals surface area contributed by atoms with Crippen LogP contribution in [0.15, 0.2) is 53.9 Å². The van der Waals surface area contributed by atoms with Gasteiger partial charge in [0.25, 0.3) is 5.91 Å². The van der Waals surface area contributed by atoms with Crippen molar-refractivity contribution in [3.05, 3.63) is 76.0 Å². The number of thiazole rings is 1. The highest BCUT2D eigenvalue weighted by Gasteiger charge is 2.28. The molecule has 1 aliphatic carbocycles. The third kappa shape index (κ3) is 6.55. The molecule has 8 nitrogen and oxygen atoms in total. The van der Waals surface area contributed by atoms with Crippen molar-refractivity contribution in [1.29, 1.82) is 5.26 Å². The summed E-state index contributed by atoms with van der Waals surface area (Å²) in [6.07, 6.45) is 3.37. The molecule has 2 atom stereocenters. The predicted molar refractivity (Wildman–Crippen MR) is 130 cm³/mol. The number of aromatic nitrogens is 1. The molecule has 1 aliphatic rings. The number of hydrogen-bond donors (Lipinski definition) is 3. The van der Waals surface area contributed by atoms with Crippen molar-refractivity contribution in [3.63, 3.8) is 0 Å². The molecule has 1 aromatic heterocycles. The quantitative estimate of drug-likeness (QED) is 0.445. The van der Waals surface area contributed by atoms with E-state index in [1.54, 1.807) is 41.8 Å². The highest BCUT2D eigenvalue weighted by atomic mass is 32.1. The van der Waals surface area contributed by atoms with Gasteiger partial charge < -0.3 is 20.7 Å². The average Bonchev–Trinajstić information content (AvgIpc) is 3.34. The molecule has 0 bridgehead atoms. The lowest BCUT2D eigenvalue weighted by molar-refractivity contribution is 0.0911. The number of rotatable bonds is 7. The molecule has 3 N–H and O–H groups in total. The largest absolute Gasteiger partial charge is 0.483 e. The standard InChI is InChI=1S/C25H24FN5O3S/c26-18-5-1-4-8-22(18)34-14-23-29-21(15-35-23)24(32)30-19-6-2-3-7-20(19)31-25(33)28-17-11-9-16(13-27)10-12-17/h1,4-5,8-12,15,19-20H,2-3,6-7,14H2,(H,30,32)(H2,28,31,33)/t19-,20-/m1/s1. The number of nitriles is 1. The summed E-state index contributed by atoms with van der Waals surface area (Å²) in [6, 6.07) is 13.9. The molecule has 3 aromatic rings. The molecule has 1 heterocycles. The second kappa shape index (κ2) is 11.4. The molecule has 0 saturated heterocycles. The molecule has 0 aliphatic heterocycles. The minimum absolute atomic E-state index is 0.0575. The van der Waals surface area contributed by atoms with Crippen LogP contribution in [0.3, 0.4) is 0 Å². The van der Waals surface area contributed by atoms with Crippen LogP contribution in [-0.2, 0) is 6.61 Å². The number of carbonyl (C=O) groups is 2.